The summed E-state index contributed by atoms with van der Waals surface area (Å²) >= 11 is 0. The molecule has 0 radical (unpaired) electrons. The lowest BCUT2D eigenvalue weighted by Crippen LogP contribution is -2.12. The van der Waals surface area contributed by atoms with Crippen LogP contribution in [0.15, 0.2) is 47.0 Å². The van der Waals surface area contributed by atoms with Gasteiger partial charge in [0.25, 0.3) is 5.91 Å². The van der Waals surface area contributed by atoms with Crippen LogP contribution in [0.4, 0.5) is 5.69 Å². The van der Waals surface area contributed by atoms with E-state index in [1.165, 1.54) is 0 Å². The fourth-order valence-electron chi connectivity index (χ4n) is 2.81. The maximum absolute atomic E-state index is 12.7. The van der Waals surface area contributed by atoms with Gasteiger partial charge in [0.1, 0.15) is 18.1 Å². The van der Waals surface area contributed by atoms with Crippen molar-refractivity contribution >= 4 is 11.6 Å². The summed E-state index contributed by atoms with van der Waals surface area (Å²) in [6.45, 7) is 6.46. The van der Waals surface area contributed by atoms with E-state index in [1.807, 2.05) is 20.8 Å². The second-order valence-corrected chi connectivity index (χ2v) is 6.37. The van der Waals surface area contributed by atoms with Crippen LogP contribution in [0, 0.1) is 13.8 Å². The Bertz CT molecular complexity index is 977. The van der Waals surface area contributed by atoms with Crippen LogP contribution < -0.4 is 19.5 Å². The standard InChI is InChI=1S/C22H24N2O5/c1-5-27-20-10-9-17(12-21(20)26-4)23-22(25)16-7-6-8-18(11-16)28-13-19-14(2)24-29-15(19)3/h6-12H,5,13H2,1-4H3,(H,23,25). The Hall–Kier alpha value is -3.48. The van der Waals surface area contributed by atoms with Crippen LogP contribution in [-0.4, -0.2) is 24.8 Å². The Morgan fingerprint density at radius 2 is 1.93 bits per heavy atom. The number of benzene rings is 2. The quantitative estimate of drug-likeness (QED) is 0.602. The molecular formula is C22H24N2O5. The third kappa shape index (κ3) is 4.87. The van der Waals surface area contributed by atoms with Crippen molar-refractivity contribution < 1.29 is 23.5 Å². The highest BCUT2D eigenvalue weighted by atomic mass is 16.5. The first-order valence-electron chi connectivity index (χ1n) is 9.28. The number of carbonyl (C=O) groups is 1. The zero-order chi connectivity index (χ0) is 20.8. The number of ether oxygens (including phenoxy) is 3. The number of rotatable bonds is 8. The Labute approximate surface area is 169 Å². The van der Waals surface area contributed by atoms with Gasteiger partial charge in [-0.2, -0.15) is 0 Å². The van der Waals surface area contributed by atoms with Crippen molar-refractivity contribution in [2.45, 2.75) is 27.4 Å². The maximum atomic E-state index is 12.7. The normalized spacial score (nSPS) is 10.5. The minimum absolute atomic E-state index is 0.251. The summed E-state index contributed by atoms with van der Waals surface area (Å²) in [5, 5.41) is 6.78. The number of amides is 1. The van der Waals surface area contributed by atoms with Crippen molar-refractivity contribution in [3.8, 4) is 17.2 Å². The van der Waals surface area contributed by atoms with Crippen LogP contribution in [-0.2, 0) is 6.61 Å². The van der Waals surface area contributed by atoms with E-state index >= 15 is 0 Å². The van der Waals surface area contributed by atoms with Gasteiger partial charge in [0, 0.05) is 17.3 Å². The molecule has 7 heteroatoms. The number of nitrogens with one attached hydrogen (secondary N) is 1. The Morgan fingerprint density at radius 3 is 2.62 bits per heavy atom. The lowest BCUT2D eigenvalue weighted by molar-refractivity contribution is 0.102. The highest BCUT2D eigenvalue weighted by Gasteiger charge is 2.12. The summed E-state index contributed by atoms with van der Waals surface area (Å²) in [4.78, 5) is 12.7. The van der Waals surface area contributed by atoms with Gasteiger partial charge in [-0.1, -0.05) is 11.2 Å². The number of aryl methyl sites for hydroxylation is 2. The highest BCUT2D eigenvalue weighted by Crippen LogP contribution is 2.30. The van der Waals surface area contributed by atoms with Gasteiger partial charge < -0.3 is 24.1 Å². The molecule has 0 aliphatic heterocycles. The van der Waals surface area contributed by atoms with E-state index in [0.717, 1.165) is 17.0 Å². The Morgan fingerprint density at radius 1 is 1.10 bits per heavy atom. The number of hydrogen-bond acceptors (Lipinski definition) is 6. The fraction of sp³-hybridized carbons (Fsp3) is 0.273. The second kappa shape index (κ2) is 9.14. The molecule has 0 bridgehead atoms. The molecule has 0 fully saturated rings. The van der Waals surface area contributed by atoms with Crippen molar-refractivity contribution in [1.29, 1.82) is 0 Å². The largest absolute Gasteiger partial charge is 0.493 e. The molecule has 0 spiro atoms. The molecular weight excluding hydrogens is 372 g/mol. The maximum Gasteiger partial charge on any atom is 0.255 e. The second-order valence-electron chi connectivity index (χ2n) is 6.37. The van der Waals surface area contributed by atoms with E-state index < -0.39 is 0 Å². The molecule has 2 aromatic carbocycles. The third-order valence-corrected chi connectivity index (χ3v) is 4.38. The summed E-state index contributed by atoms with van der Waals surface area (Å²) < 4.78 is 21.8. The van der Waals surface area contributed by atoms with Crippen molar-refractivity contribution in [3.63, 3.8) is 0 Å². The highest BCUT2D eigenvalue weighted by molar-refractivity contribution is 6.04. The van der Waals surface area contributed by atoms with Crippen molar-refractivity contribution in [1.82, 2.24) is 5.16 Å². The SMILES string of the molecule is CCOc1ccc(NC(=O)c2cccc(OCc3c(C)noc3C)c2)cc1OC. The number of nitrogens with zero attached hydrogens (tertiary/aromatic N) is 1. The number of carbonyl (C=O) groups excluding carboxylic acids is 1. The number of hydrogen-bond donors (Lipinski definition) is 1. The predicted molar refractivity (Wildman–Crippen MR) is 109 cm³/mol. The van der Waals surface area contributed by atoms with Gasteiger partial charge in [0.15, 0.2) is 11.5 Å². The van der Waals surface area contributed by atoms with E-state index in [1.54, 1.807) is 49.6 Å². The number of aromatic nitrogens is 1. The average molecular weight is 396 g/mol. The molecule has 7 nitrogen and oxygen atoms in total. The van der Waals surface area contributed by atoms with Crippen molar-refractivity contribution in [2.24, 2.45) is 0 Å². The molecule has 3 aromatic rings. The van der Waals surface area contributed by atoms with E-state index in [-0.39, 0.29) is 5.91 Å². The molecule has 0 aliphatic carbocycles. The van der Waals surface area contributed by atoms with Gasteiger partial charge in [-0.15, -0.1) is 0 Å². The van der Waals surface area contributed by atoms with Crippen LogP contribution in [0.2, 0.25) is 0 Å². The molecule has 0 atom stereocenters. The topological polar surface area (TPSA) is 82.8 Å². The first-order chi connectivity index (χ1) is 14.0. The summed E-state index contributed by atoms with van der Waals surface area (Å²) in [6, 6.07) is 12.2. The first-order valence-corrected chi connectivity index (χ1v) is 9.28. The van der Waals surface area contributed by atoms with Gasteiger partial charge >= 0.3 is 0 Å². The minimum Gasteiger partial charge on any atom is -0.493 e. The Kier molecular flexibility index (Phi) is 6.39. The summed E-state index contributed by atoms with van der Waals surface area (Å²) in [6.07, 6.45) is 0. The van der Waals surface area contributed by atoms with Crippen molar-refractivity contribution in [2.75, 3.05) is 19.0 Å². The van der Waals surface area contributed by atoms with E-state index in [2.05, 4.69) is 10.5 Å². The molecule has 1 amide bonds. The smallest absolute Gasteiger partial charge is 0.255 e. The fourth-order valence-corrected chi connectivity index (χ4v) is 2.81. The predicted octanol–water partition coefficient (Wildman–Crippen LogP) is 4.53. The van der Waals surface area contributed by atoms with Crippen LogP contribution >= 0.6 is 0 Å². The van der Waals surface area contributed by atoms with Crippen molar-refractivity contribution in [3.05, 3.63) is 65.0 Å². The number of anilines is 1. The summed E-state index contributed by atoms with van der Waals surface area (Å²) in [5.41, 5.74) is 2.79. The molecule has 3 rings (SSSR count). The molecule has 152 valence electrons. The first kappa shape index (κ1) is 20.3. The lowest BCUT2D eigenvalue weighted by Gasteiger charge is -2.12. The monoisotopic (exact) mass is 396 g/mol. The molecule has 1 aromatic heterocycles. The minimum atomic E-state index is -0.251. The van der Waals surface area contributed by atoms with Crippen LogP contribution in [0.1, 0.15) is 34.3 Å². The summed E-state index contributed by atoms with van der Waals surface area (Å²) in [5.74, 6) is 2.24. The number of methoxy groups -OCH3 is 1. The van der Waals surface area contributed by atoms with Gasteiger partial charge in [0.2, 0.25) is 0 Å². The molecule has 1 heterocycles. The van der Waals surface area contributed by atoms with E-state index in [0.29, 0.717) is 41.7 Å². The van der Waals surface area contributed by atoms with Crippen LogP contribution in [0.25, 0.3) is 0 Å². The van der Waals surface area contributed by atoms with Crippen LogP contribution in [0.5, 0.6) is 17.2 Å². The molecule has 1 N–H and O–H groups in total. The van der Waals surface area contributed by atoms with Crippen LogP contribution in [0.3, 0.4) is 0 Å². The molecule has 0 aliphatic rings. The average Bonchev–Trinajstić information content (AvgIpc) is 3.05. The lowest BCUT2D eigenvalue weighted by atomic mass is 10.2. The Balaban J connectivity index is 1.69. The zero-order valence-electron chi connectivity index (χ0n) is 16.9. The van der Waals surface area contributed by atoms with Gasteiger partial charge in [-0.3, -0.25) is 4.79 Å². The van der Waals surface area contributed by atoms with E-state index in [9.17, 15) is 4.79 Å². The summed E-state index contributed by atoms with van der Waals surface area (Å²) in [7, 11) is 1.56. The van der Waals surface area contributed by atoms with Gasteiger partial charge in [-0.05, 0) is 51.1 Å². The molecule has 0 saturated heterocycles. The molecule has 29 heavy (non-hydrogen) atoms. The van der Waals surface area contributed by atoms with Gasteiger partial charge in [-0.25, -0.2) is 0 Å². The van der Waals surface area contributed by atoms with Gasteiger partial charge in [0.05, 0.1) is 25.0 Å². The third-order valence-electron chi connectivity index (χ3n) is 4.38. The zero-order valence-corrected chi connectivity index (χ0v) is 16.9. The van der Waals surface area contributed by atoms with E-state index in [4.69, 9.17) is 18.7 Å². The molecule has 0 saturated carbocycles. The molecule has 0 unspecified atom stereocenters.